The van der Waals surface area contributed by atoms with Crippen molar-refractivity contribution in [3.8, 4) is 0 Å². The Morgan fingerprint density at radius 3 is 0.500 bits per heavy atom. The molecule has 6 rings (SSSR count). The summed E-state index contributed by atoms with van der Waals surface area (Å²) in [6.07, 6.45) is 0. The average molecular weight is 804 g/mol. The van der Waals surface area contributed by atoms with Crippen molar-refractivity contribution in [1.29, 1.82) is 0 Å². The predicted molar refractivity (Wildman–Crippen MR) is 197 cm³/mol. The Bertz CT molecular complexity index is 1860. The largest absolute Gasteiger partial charge is 3.00 e. The summed E-state index contributed by atoms with van der Waals surface area (Å²) in [5.41, 5.74) is 3.97. The molecule has 0 N–H and O–H groups in total. The zero-order chi connectivity index (χ0) is 38.2. The molecule has 6 aromatic rings. The third-order valence-corrected chi connectivity index (χ3v) is 8.47. The molecule has 0 fully saturated rings. The molecule has 0 spiro atoms. The van der Waals surface area contributed by atoms with Gasteiger partial charge in [0.1, 0.15) is 30.4 Å². The van der Waals surface area contributed by atoms with Gasteiger partial charge in [-0.2, -0.15) is 0 Å². The van der Waals surface area contributed by atoms with Crippen molar-refractivity contribution in [1.82, 2.24) is 0 Å². The van der Waals surface area contributed by atoms with Crippen LogP contribution in [-0.4, -0.2) is 38.9 Å². The van der Waals surface area contributed by atoms with Gasteiger partial charge >= 0.3 is 17.1 Å². The molecule has 275 valence electrons. The standard InChI is InChI=1S/3C7H8.3C6H6O3S.Fe/c3*1-7-5-3-2-4-6-7;3*7-10(8,9)6-4-2-1-3-5-6;/h3*2-6H,1H3;3*1-5H,(H,7,8,9);/q;;;;;;+3/p-3. The molecule has 0 aliphatic rings. The van der Waals surface area contributed by atoms with Crippen LogP contribution >= 0.6 is 0 Å². The number of hydrogen-bond acceptors (Lipinski definition) is 9. The maximum absolute atomic E-state index is 10.3. The zero-order valence-electron chi connectivity index (χ0n) is 28.6. The van der Waals surface area contributed by atoms with Gasteiger partial charge in [0.15, 0.2) is 0 Å². The van der Waals surface area contributed by atoms with Crippen LogP contribution in [-0.2, 0) is 47.4 Å². The summed E-state index contributed by atoms with van der Waals surface area (Å²) < 4.78 is 92.5. The van der Waals surface area contributed by atoms with Crippen molar-refractivity contribution in [2.45, 2.75) is 35.5 Å². The molecule has 0 atom stereocenters. The van der Waals surface area contributed by atoms with Gasteiger partial charge in [-0.1, -0.05) is 162 Å². The van der Waals surface area contributed by atoms with E-state index < -0.39 is 30.4 Å². The van der Waals surface area contributed by atoms with Crippen LogP contribution in [0, 0.1) is 20.8 Å². The van der Waals surface area contributed by atoms with Crippen LogP contribution in [0.4, 0.5) is 0 Å². The van der Waals surface area contributed by atoms with Crippen LogP contribution in [0.5, 0.6) is 0 Å². The van der Waals surface area contributed by atoms with E-state index in [4.69, 9.17) is 0 Å². The Kier molecular flexibility index (Phi) is 23.3. The molecule has 0 aromatic heterocycles. The van der Waals surface area contributed by atoms with Crippen LogP contribution < -0.4 is 0 Å². The van der Waals surface area contributed by atoms with E-state index in [2.05, 4.69) is 57.2 Å². The summed E-state index contributed by atoms with van der Waals surface area (Å²) >= 11 is 0. The van der Waals surface area contributed by atoms with Crippen molar-refractivity contribution in [2.24, 2.45) is 0 Å². The van der Waals surface area contributed by atoms with Crippen LogP contribution in [0.15, 0.2) is 197 Å². The molecular weight excluding hydrogens is 764 g/mol. The van der Waals surface area contributed by atoms with Gasteiger partial charge in [-0.3, -0.25) is 0 Å². The van der Waals surface area contributed by atoms with Gasteiger partial charge in [-0.25, -0.2) is 25.3 Å². The van der Waals surface area contributed by atoms with Crippen molar-refractivity contribution >= 4 is 30.4 Å². The quantitative estimate of drug-likeness (QED) is 0.128. The second kappa shape index (κ2) is 25.5. The SMILES string of the molecule is Cc1ccccc1.Cc1ccccc1.Cc1ccccc1.O=S(=O)([O-])c1ccccc1.O=S(=O)([O-])c1ccccc1.O=S(=O)([O-])c1ccccc1.[Fe+3]. The minimum absolute atomic E-state index is 0. The van der Waals surface area contributed by atoms with E-state index in [0.29, 0.717) is 0 Å². The van der Waals surface area contributed by atoms with E-state index in [-0.39, 0.29) is 31.8 Å². The van der Waals surface area contributed by atoms with E-state index >= 15 is 0 Å². The summed E-state index contributed by atoms with van der Waals surface area (Å²) in [5.74, 6) is 0. The molecule has 0 amide bonds. The second-order valence-electron chi connectivity index (χ2n) is 10.3. The van der Waals surface area contributed by atoms with Crippen LogP contribution in [0.2, 0.25) is 0 Å². The first-order valence-electron chi connectivity index (χ1n) is 15.1. The van der Waals surface area contributed by atoms with E-state index in [9.17, 15) is 38.9 Å². The Labute approximate surface area is 318 Å². The normalized spacial score (nSPS) is 10.0. The molecule has 1 radical (unpaired) electrons. The van der Waals surface area contributed by atoms with Gasteiger partial charge in [-0.05, 0) is 57.2 Å². The molecule has 0 heterocycles. The monoisotopic (exact) mass is 803 g/mol. The summed E-state index contributed by atoms with van der Waals surface area (Å²) in [6.45, 7) is 6.25. The number of benzene rings is 6. The molecule has 13 heteroatoms. The summed E-state index contributed by atoms with van der Waals surface area (Å²) in [6, 6.07) is 52.4. The number of rotatable bonds is 3. The van der Waals surface area contributed by atoms with Gasteiger partial charge in [0.2, 0.25) is 0 Å². The minimum Gasteiger partial charge on any atom is -0.744 e. The third-order valence-electron chi connectivity index (χ3n) is 5.92. The van der Waals surface area contributed by atoms with E-state index in [0.717, 1.165) is 0 Å². The van der Waals surface area contributed by atoms with Crippen molar-refractivity contribution in [2.75, 3.05) is 0 Å². The molecule has 52 heavy (non-hydrogen) atoms. The number of hydrogen-bond donors (Lipinski definition) is 0. The Morgan fingerprint density at radius 1 is 0.288 bits per heavy atom. The molecule has 0 aliphatic carbocycles. The van der Waals surface area contributed by atoms with Gasteiger partial charge in [0.25, 0.3) is 0 Å². The fourth-order valence-corrected chi connectivity index (χ4v) is 4.84. The second-order valence-corrected chi connectivity index (χ2v) is 14.4. The Hall–Kier alpha value is -4.43. The molecule has 9 nitrogen and oxygen atoms in total. The van der Waals surface area contributed by atoms with Crippen molar-refractivity contribution in [3.05, 3.63) is 199 Å². The molecule has 0 unspecified atom stereocenters. The summed E-state index contributed by atoms with van der Waals surface area (Å²) in [5, 5.41) is 0. The summed E-state index contributed by atoms with van der Waals surface area (Å²) in [4.78, 5) is -0.556. The average Bonchev–Trinajstić information content (AvgIpc) is 3.11. The van der Waals surface area contributed by atoms with Crippen LogP contribution in [0.3, 0.4) is 0 Å². The first-order valence-corrected chi connectivity index (χ1v) is 19.3. The first kappa shape index (κ1) is 47.6. The smallest absolute Gasteiger partial charge is 0.744 e. The third kappa shape index (κ3) is 23.9. The maximum atomic E-state index is 10.3. The molecule has 0 bridgehead atoms. The molecule has 6 aromatic carbocycles. The van der Waals surface area contributed by atoms with Crippen LogP contribution in [0.1, 0.15) is 16.7 Å². The van der Waals surface area contributed by atoms with Gasteiger partial charge in [0.05, 0.1) is 14.7 Å². The summed E-state index contributed by atoms with van der Waals surface area (Å²) in [7, 11) is -12.8. The fourth-order valence-electron chi connectivity index (χ4n) is 3.36. The molecule has 0 saturated carbocycles. The molecule has 0 aliphatic heterocycles. The van der Waals surface area contributed by atoms with Gasteiger partial charge in [-0.15, -0.1) is 0 Å². The van der Waals surface area contributed by atoms with E-state index in [1.54, 1.807) is 18.2 Å². The molecule has 0 saturated heterocycles. The van der Waals surface area contributed by atoms with Gasteiger partial charge < -0.3 is 13.7 Å². The van der Waals surface area contributed by atoms with E-state index in [1.807, 2.05) is 54.6 Å². The molecular formula is C39H39FeO9S3. The maximum Gasteiger partial charge on any atom is 3.00 e. The van der Waals surface area contributed by atoms with Crippen molar-refractivity contribution in [3.63, 3.8) is 0 Å². The van der Waals surface area contributed by atoms with E-state index in [1.165, 1.54) is 89.5 Å². The topological polar surface area (TPSA) is 172 Å². The van der Waals surface area contributed by atoms with Gasteiger partial charge in [0, 0.05) is 0 Å². The van der Waals surface area contributed by atoms with Crippen LogP contribution in [0.25, 0.3) is 0 Å². The Balaban J connectivity index is 0.000000602. The zero-order valence-corrected chi connectivity index (χ0v) is 32.1. The Morgan fingerprint density at radius 2 is 0.423 bits per heavy atom. The predicted octanol–water partition coefficient (Wildman–Crippen LogP) is 7.75. The first-order chi connectivity index (χ1) is 24.0. The number of aryl methyl sites for hydroxylation is 3. The van der Waals surface area contributed by atoms with Crippen molar-refractivity contribution < 1.29 is 56.0 Å². The minimum atomic E-state index is -4.25. The fraction of sp³-hybridized carbons (Fsp3) is 0.0769.